The topological polar surface area (TPSA) is 59.9 Å². The Morgan fingerprint density at radius 3 is 2.35 bits per heavy atom. The van der Waals surface area contributed by atoms with Crippen LogP contribution in [-0.2, 0) is 19.5 Å². The van der Waals surface area contributed by atoms with E-state index in [1.807, 2.05) is 7.05 Å². The van der Waals surface area contributed by atoms with E-state index in [-0.39, 0.29) is 0 Å². The Bertz CT molecular complexity index is 834. The highest BCUT2D eigenvalue weighted by Gasteiger charge is 2.22. The second-order valence-corrected chi connectivity index (χ2v) is 9.11. The molecule has 0 spiro atoms. The molecule has 0 atom stereocenters. The van der Waals surface area contributed by atoms with Crippen molar-refractivity contribution in [3.8, 4) is 0 Å². The number of aliphatic imine (C=N–C) groups is 1. The van der Waals surface area contributed by atoms with Crippen molar-refractivity contribution in [3.63, 3.8) is 0 Å². The van der Waals surface area contributed by atoms with E-state index in [1.54, 1.807) is 0 Å². The zero-order valence-corrected chi connectivity index (χ0v) is 19.7. The third kappa shape index (κ3) is 5.95. The minimum atomic E-state index is 0.799. The summed E-state index contributed by atoms with van der Waals surface area (Å²) in [5.41, 5.74) is 2.71. The van der Waals surface area contributed by atoms with Crippen molar-refractivity contribution in [2.75, 3.05) is 51.2 Å². The molecule has 168 valence electrons. The van der Waals surface area contributed by atoms with Crippen molar-refractivity contribution >= 4 is 22.6 Å². The van der Waals surface area contributed by atoms with E-state index in [4.69, 9.17) is 0 Å². The van der Waals surface area contributed by atoms with Crippen LogP contribution >= 0.6 is 11.5 Å². The normalized spacial score (nSPS) is 18.5. The predicted octanol–water partition coefficient (Wildman–Crippen LogP) is 2.98. The molecule has 2 fully saturated rings. The van der Waals surface area contributed by atoms with Crippen molar-refractivity contribution in [1.29, 1.82) is 0 Å². The third-order valence-corrected chi connectivity index (χ3v) is 6.98. The van der Waals surface area contributed by atoms with Crippen LogP contribution in [0.15, 0.2) is 29.3 Å². The van der Waals surface area contributed by atoms with Gasteiger partial charge in [0.2, 0.25) is 5.13 Å². The number of likely N-dealkylation sites (tertiary alicyclic amines) is 1. The van der Waals surface area contributed by atoms with Gasteiger partial charge in [0.25, 0.3) is 0 Å². The van der Waals surface area contributed by atoms with Gasteiger partial charge in [-0.2, -0.15) is 4.37 Å². The molecule has 1 N–H and O–H groups in total. The first-order chi connectivity index (χ1) is 15.2. The Morgan fingerprint density at radius 2 is 1.71 bits per heavy atom. The number of aryl methyl sites for hydroxylation is 1. The number of rotatable bonds is 6. The van der Waals surface area contributed by atoms with E-state index in [0.29, 0.717) is 0 Å². The molecule has 3 heterocycles. The molecule has 2 saturated heterocycles. The Kier molecular flexibility index (Phi) is 7.75. The van der Waals surface area contributed by atoms with Crippen molar-refractivity contribution in [3.05, 3.63) is 41.2 Å². The van der Waals surface area contributed by atoms with Gasteiger partial charge in [0.05, 0.1) is 0 Å². The van der Waals surface area contributed by atoms with E-state index in [1.165, 1.54) is 55.0 Å². The number of benzene rings is 1. The molecule has 4 rings (SSSR count). The summed E-state index contributed by atoms with van der Waals surface area (Å²) in [6.45, 7) is 10.2. The zero-order chi connectivity index (χ0) is 21.5. The van der Waals surface area contributed by atoms with Crippen LogP contribution in [0.1, 0.15) is 43.1 Å². The van der Waals surface area contributed by atoms with Crippen LogP contribution in [0.5, 0.6) is 0 Å². The molecule has 2 aliphatic rings. The van der Waals surface area contributed by atoms with Crippen LogP contribution < -0.4 is 10.2 Å². The summed E-state index contributed by atoms with van der Waals surface area (Å²) in [5.74, 6) is 1.92. The lowest BCUT2D eigenvalue weighted by molar-refractivity contribution is 0.221. The van der Waals surface area contributed by atoms with Crippen molar-refractivity contribution in [1.82, 2.24) is 24.5 Å². The average molecular weight is 442 g/mol. The highest BCUT2D eigenvalue weighted by Crippen LogP contribution is 2.19. The molecule has 2 aromatic rings. The number of piperazine rings is 1. The Balaban J connectivity index is 1.24. The quantitative estimate of drug-likeness (QED) is 0.549. The molecule has 31 heavy (non-hydrogen) atoms. The van der Waals surface area contributed by atoms with Crippen LogP contribution in [-0.4, -0.2) is 71.4 Å². The molecule has 0 aliphatic carbocycles. The lowest BCUT2D eigenvalue weighted by Crippen LogP contribution is -2.52. The van der Waals surface area contributed by atoms with E-state index >= 15 is 0 Å². The molecule has 0 bridgehead atoms. The van der Waals surface area contributed by atoms with E-state index in [9.17, 15) is 0 Å². The number of aromatic nitrogens is 2. The fourth-order valence-corrected chi connectivity index (χ4v) is 5.08. The second kappa shape index (κ2) is 10.9. The zero-order valence-electron chi connectivity index (χ0n) is 18.9. The molecule has 1 aromatic carbocycles. The maximum Gasteiger partial charge on any atom is 0.205 e. The molecule has 0 unspecified atom stereocenters. The molecule has 2 aliphatic heterocycles. The fourth-order valence-electron chi connectivity index (χ4n) is 4.28. The van der Waals surface area contributed by atoms with Crippen molar-refractivity contribution < 1.29 is 0 Å². The summed E-state index contributed by atoms with van der Waals surface area (Å²) in [6, 6.07) is 9.05. The van der Waals surface area contributed by atoms with Gasteiger partial charge >= 0.3 is 0 Å². The number of hydrogen-bond donors (Lipinski definition) is 1. The van der Waals surface area contributed by atoms with Crippen LogP contribution in [0, 0.1) is 0 Å². The minimum absolute atomic E-state index is 0.799. The summed E-state index contributed by atoms with van der Waals surface area (Å²) < 4.78 is 4.42. The van der Waals surface area contributed by atoms with Gasteiger partial charge in [0.1, 0.15) is 5.82 Å². The highest BCUT2D eigenvalue weighted by atomic mass is 32.1. The maximum atomic E-state index is 4.63. The van der Waals surface area contributed by atoms with Gasteiger partial charge in [0, 0.05) is 64.3 Å². The largest absolute Gasteiger partial charge is 0.352 e. The predicted molar refractivity (Wildman–Crippen MR) is 129 cm³/mol. The fraction of sp³-hybridized carbons (Fsp3) is 0.609. The van der Waals surface area contributed by atoms with E-state index < -0.39 is 0 Å². The summed E-state index contributed by atoms with van der Waals surface area (Å²) in [6.07, 6.45) is 4.97. The van der Waals surface area contributed by atoms with Crippen LogP contribution in [0.3, 0.4) is 0 Å². The Hall–Kier alpha value is -2.19. The first-order valence-electron chi connectivity index (χ1n) is 11.6. The van der Waals surface area contributed by atoms with Crippen molar-refractivity contribution in [2.24, 2.45) is 4.99 Å². The van der Waals surface area contributed by atoms with E-state index in [2.05, 4.69) is 65.6 Å². The Morgan fingerprint density at radius 1 is 1.00 bits per heavy atom. The van der Waals surface area contributed by atoms with Crippen LogP contribution in [0.25, 0.3) is 0 Å². The van der Waals surface area contributed by atoms with Crippen molar-refractivity contribution in [2.45, 2.75) is 45.7 Å². The molecule has 8 heteroatoms. The number of anilines is 1. The third-order valence-electron chi connectivity index (χ3n) is 6.16. The van der Waals surface area contributed by atoms with Crippen LogP contribution in [0.4, 0.5) is 5.13 Å². The summed E-state index contributed by atoms with van der Waals surface area (Å²) in [7, 11) is 1.87. The van der Waals surface area contributed by atoms with Gasteiger partial charge in [-0.3, -0.25) is 9.89 Å². The summed E-state index contributed by atoms with van der Waals surface area (Å²) >= 11 is 1.51. The van der Waals surface area contributed by atoms with Gasteiger partial charge in [-0.15, -0.1) is 0 Å². The molecule has 0 radical (unpaired) electrons. The average Bonchev–Trinajstić information content (AvgIpc) is 3.31. The molecular formula is C23H35N7S. The number of nitrogens with zero attached hydrogens (tertiary/aromatic N) is 6. The molecule has 0 saturated carbocycles. The highest BCUT2D eigenvalue weighted by molar-refractivity contribution is 7.09. The minimum Gasteiger partial charge on any atom is -0.352 e. The lowest BCUT2D eigenvalue weighted by Gasteiger charge is -2.36. The smallest absolute Gasteiger partial charge is 0.205 e. The van der Waals surface area contributed by atoms with Gasteiger partial charge in [0.15, 0.2) is 5.96 Å². The van der Waals surface area contributed by atoms with Gasteiger partial charge in [-0.05, 0) is 37.1 Å². The second-order valence-electron chi connectivity index (χ2n) is 8.37. The maximum absolute atomic E-state index is 4.63. The summed E-state index contributed by atoms with van der Waals surface area (Å²) in [5, 5.41) is 4.59. The lowest BCUT2D eigenvalue weighted by atomic mass is 10.1. The number of hydrogen-bond acceptors (Lipinski definition) is 6. The molecular weight excluding hydrogens is 406 g/mol. The monoisotopic (exact) mass is 441 g/mol. The Labute approximate surface area is 190 Å². The number of guanidine groups is 1. The molecule has 1 aromatic heterocycles. The molecule has 7 nitrogen and oxygen atoms in total. The first-order valence-corrected chi connectivity index (χ1v) is 12.4. The van der Waals surface area contributed by atoms with Gasteiger partial charge in [-0.1, -0.05) is 37.6 Å². The SMILES string of the molecule is CCc1nsc(N2CCN(C(=NC)NCc3ccc(CN4CCCCC4)cc3)CC2)n1. The number of nitrogens with one attached hydrogen (secondary N) is 1. The standard InChI is InChI=1S/C23H35N7S/c1-3-21-26-23(31-27-21)30-15-13-29(14-16-30)22(24-2)25-17-19-7-9-20(10-8-19)18-28-11-5-4-6-12-28/h7-10H,3-6,11-18H2,1-2H3,(H,24,25). The molecule has 0 amide bonds. The van der Waals surface area contributed by atoms with Gasteiger partial charge in [-0.25, -0.2) is 4.98 Å². The summed E-state index contributed by atoms with van der Waals surface area (Å²) in [4.78, 5) is 16.4. The van der Waals surface area contributed by atoms with Gasteiger partial charge < -0.3 is 15.1 Å². The number of piperidine rings is 1. The van der Waals surface area contributed by atoms with Crippen LogP contribution in [0.2, 0.25) is 0 Å². The first kappa shape index (κ1) is 22.0. The van der Waals surface area contributed by atoms with E-state index in [0.717, 1.165) is 62.6 Å².